The fraction of sp³-hybridized carbons (Fsp3) is 0.217. The number of rotatable bonds is 7. The van der Waals surface area contributed by atoms with Gasteiger partial charge >= 0.3 is 0 Å². The molecule has 0 aliphatic heterocycles. The number of hydrogen-bond acceptors (Lipinski definition) is 4. The predicted octanol–water partition coefficient (Wildman–Crippen LogP) is 5.28. The smallest absolute Gasteiger partial charge is 0.260 e. The zero-order chi connectivity index (χ0) is 25.2. The standard InChI is InChI=1S/C23H23Cl3N4O3S/c1-14-5-6-20(11-22(14)26)29(34(4,32)33)13-23(31)28-27-12-17-7-15(2)30(16(17)3)21-9-18(24)8-19(25)10-21/h5-12H,13H2,1-4H3,(H,28,31)/b27-12-. The molecule has 34 heavy (non-hydrogen) atoms. The third-order valence-electron chi connectivity index (χ3n) is 5.10. The first-order valence-electron chi connectivity index (χ1n) is 10.1. The number of sulfonamides is 1. The van der Waals surface area contributed by atoms with Crippen molar-refractivity contribution in [2.75, 3.05) is 17.1 Å². The number of carbonyl (C=O) groups is 1. The van der Waals surface area contributed by atoms with Crippen molar-refractivity contribution < 1.29 is 13.2 Å². The second kappa shape index (κ2) is 10.4. The van der Waals surface area contributed by atoms with Crippen molar-refractivity contribution in [3.8, 4) is 5.69 Å². The lowest BCUT2D eigenvalue weighted by molar-refractivity contribution is -0.119. The van der Waals surface area contributed by atoms with Crippen LogP contribution in [0.15, 0.2) is 47.6 Å². The largest absolute Gasteiger partial charge is 0.318 e. The minimum absolute atomic E-state index is 0.293. The van der Waals surface area contributed by atoms with Crippen LogP contribution in [0.4, 0.5) is 5.69 Å². The number of aromatic nitrogens is 1. The van der Waals surface area contributed by atoms with Gasteiger partial charge in [-0.15, -0.1) is 0 Å². The van der Waals surface area contributed by atoms with Crippen molar-refractivity contribution in [2.45, 2.75) is 20.8 Å². The van der Waals surface area contributed by atoms with E-state index in [2.05, 4.69) is 10.5 Å². The number of hydrazone groups is 1. The third kappa shape index (κ3) is 6.13. The van der Waals surface area contributed by atoms with Crippen molar-refractivity contribution in [2.24, 2.45) is 5.10 Å². The molecule has 0 atom stereocenters. The molecule has 11 heteroatoms. The number of carbonyl (C=O) groups excluding carboxylic acids is 1. The number of nitrogens with one attached hydrogen (secondary N) is 1. The van der Waals surface area contributed by atoms with Gasteiger partial charge in [0.25, 0.3) is 5.91 Å². The molecule has 0 spiro atoms. The molecule has 180 valence electrons. The molecule has 1 heterocycles. The lowest BCUT2D eigenvalue weighted by Crippen LogP contribution is -2.39. The quantitative estimate of drug-likeness (QED) is 0.326. The fourth-order valence-electron chi connectivity index (χ4n) is 3.46. The van der Waals surface area contributed by atoms with Crippen molar-refractivity contribution >= 4 is 62.6 Å². The average molecular weight is 542 g/mol. The average Bonchev–Trinajstić information content (AvgIpc) is 3.00. The molecule has 0 saturated carbocycles. The molecular formula is C23H23Cl3N4O3S. The Morgan fingerprint density at radius 2 is 1.71 bits per heavy atom. The van der Waals surface area contributed by atoms with E-state index in [1.807, 2.05) is 24.5 Å². The summed E-state index contributed by atoms with van der Waals surface area (Å²) in [5.74, 6) is -0.603. The highest BCUT2D eigenvalue weighted by molar-refractivity contribution is 7.92. The molecule has 2 aromatic carbocycles. The maximum atomic E-state index is 12.5. The summed E-state index contributed by atoms with van der Waals surface area (Å²) in [7, 11) is -3.73. The molecule has 0 saturated heterocycles. The van der Waals surface area contributed by atoms with Gasteiger partial charge in [0.15, 0.2) is 0 Å². The predicted molar refractivity (Wildman–Crippen MR) is 139 cm³/mol. The number of hydrogen-bond donors (Lipinski definition) is 1. The summed E-state index contributed by atoms with van der Waals surface area (Å²) >= 11 is 18.4. The maximum Gasteiger partial charge on any atom is 0.260 e. The Bertz CT molecular complexity index is 1360. The molecule has 0 radical (unpaired) electrons. The molecule has 0 aliphatic carbocycles. The zero-order valence-electron chi connectivity index (χ0n) is 18.9. The normalized spacial score (nSPS) is 11.7. The maximum absolute atomic E-state index is 12.5. The Hall–Kier alpha value is -2.52. The van der Waals surface area contributed by atoms with E-state index < -0.39 is 22.5 Å². The monoisotopic (exact) mass is 540 g/mol. The fourth-order valence-corrected chi connectivity index (χ4v) is 5.00. The Morgan fingerprint density at radius 3 is 2.29 bits per heavy atom. The molecule has 1 aromatic heterocycles. The molecule has 0 fully saturated rings. The van der Waals surface area contributed by atoms with Crippen LogP contribution < -0.4 is 9.73 Å². The van der Waals surface area contributed by atoms with Gasteiger partial charge in [0.1, 0.15) is 6.54 Å². The van der Waals surface area contributed by atoms with Gasteiger partial charge in [-0.1, -0.05) is 40.9 Å². The van der Waals surface area contributed by atoms with E-state index in [1.165, 1.54) is 12.3 Å². The molecular weight excluding hydrogens is 519 g/mol. The van der Waals surface area contributed by atoms with Crippen molar-refractivity contribution in [3.63, 3.8) is 0 Å². The van der Waals surface area contributed by atoms with Crippen LogP contribution in [0.3, 0.4) is 0 Å². The Balaban J connectivity index is 1.77. The van der Waals surface area contributed by atoms with E-state index in [4.69, 9.17) is 34.8 Å². The molecule has 3 aromatic rings. The number of benzene rings is 2. The first-order chi connectivity index (χ1) is 15.9. The van der Waals surface area contributed by atoms with Crippen LogP contribution in [0.2, 0.25) is 15.1 Å². The minimum Gasteiger partial charge on any atom is -0.318 e. The Labute approximate surface area is 214 Å². The lowest BCUT2D eigenvalue weighted by atomic mass is 10.2. The number of aryl methyl sites for hydroxylation is 2. The van der Waals surface area contributed by atoms with Crippen LogP contribution in [0.25, 0.3) is 5.69 Å². The van der Waals surface area contributed by atoms with Crippen molar-refractivity contribution in [3.05, 3.63) is 80.0 Å². The highest BCUT2D eigenvalue weighted by atomic mass is 35.5. The van der Waals surface area contributed by atoms with Crippen LogP contribution in [-0.2, 0) is 14.8 Å². The van der Waals surface area contributed by atoms with Gasteiger partial charge in [-0.2, -0.15) is 5.10 Å². The van der Waals surface area contributed by atoms with Crippen LogP contribution in [-0.4, -0.2) is 37.9 Å². The molecule has 1 N–H and O–H groups in total. The van der Waals surface area contributed by atoms with Gasteiger partial charge in [0, 0.05) is 37.7 Å². The molecule has 3 rings (SSSR count). The highest BCUT2D eigenvalue weighted by Crippen LogP contribution is 2.26. The van der Waals surface area contributed by atoms with Crippen LogP contribution >= 0.6 is 34.8 Å². The topological polar surface area (TPSA) is 83.8 Å². The molecule has 0 unspecified atom stereocenters. The summed E-state index contributed by atoms with van der Waals surface area (Å²) in [6, 6.07) is 11.9. The summed E-state index contributed by atoms with van der Waals surface area (Å²) < 4.78 is 27.5. The number of nitrogens with zero attached hydrogens (tertiary/aromatic N) is 3. The highest BCUT2D eigenvalue weighted by Gasteiger charge is 2.21. The van der Waals surface area contributed by atoms with Crippen LogP contribution in [0, 0.1) is 20.8 Å². The van der Waals surface area contributed by atoms with Gasteiger partial charge in [-0.25, -0.2) is 13.8 Å². The van der Waals surface area contributed by atoms with Crippen molar-refractivity contribution in [1.82, 2.24) is 9.99 Å². The SMILES string of the molecule is Cc1ccc(N(CC(=O)N/N=C\c2cc(C)n(-c3cc(Cl)cc(Cl)c3)c2C)S(C)(=O)=O)cc1Cl. The summed E-state index contributed by atoms with van der Waals surface area (Å²) in [6.45, 7) is 5.18. The lowest BCUT2D eigenvalue weighted by Gasteiger charge is -2.21. The van der Waals surface area contributed by atoms with Gasteiger partial charge < -0.3 is 4.57 Å². The first-order valence-corrected chi connectivity index (χ1v) is 13.1. The third-order valence-corrected chi connectivity index (χ3v) is 7.08. The van der Waals surface area contributed by atoms with E-state index in [9.17, 15) is 13.2 Å². The molecule has 7 nitrogen and oxygen atoms in total. The molecule has 1 amide bonds. The van der Waals surface area contributed by atoms with Gasteiger partial charge in [-0.05, 0) is 62.7 Å². The number of amides is 1. The summed E-state index contributed by atoms with van der Waals surface area (Å²) in [6.07, 6.45) is 2.52. The number of anilines is 1. The van der Waals surface area contributed by atoms with Crippen LogP contribution in [0.5, 0.6) is 0 Å². The Kier molecular flexibility index (Phi) is 7.98. The number of halogens is 3. The Morgan fingerprint density at radius 1 is 1.06 bits per heavy atom. The zero-order valence-corrected chi connectivity index (χ0v) is 22.0. The van der Waals surface area contributed by atoms with E-state index in [1.54, 1.807) is 37.3 Å². The van der Waals surface area contributed by atoms with E-state index in [0.717, 1.165) is 38.8 Å². The van der Waals surface area contributed by atoms with E-state index in [0.29, 0.717) is 20.8 Å². The summed E-state index contributed by atoms with van der Waals surface area (Å²) in [5, 5.41) is 5.45. The minimum atomic E-state index is -3.73. The second-order valence-corrected chi connectivity index (χ2v) is 11.0. The van der Waals surface area contributed by atoms with Gasteiger partial charge in [-0.3, -0.25) is 9.10 Å². The van der Waals surface area contributed by atoms with E-state index >= 15 is 0 Å². The van der Waals surface area contributed by atoms with Crippen LogP contribution in [0.1, 0.15) is 22.5 Å². The van der Waals surface area contributed by atoms with Gasteiger partial charge in [0.05, 0.1) is 18.2 Å². The van der Waals surface area contributed by atoms with E-state index in [-0.39, 0.29) is 0 Å². The summed E-state index contributed by atoms with van der Waals surface area (Å²) in [4.78, 5) is 12.5. The molecule has 0 bridgehead atoms. The summed E-state index contributed by atoms with van der Waals surface area (Å²) in [5.41, 5.74) is 6.82. The van der Waals surface area contributed by atoms with Crippen molar-refractivity contribution in [1.29, 1.82) is 0 Å². The van der Waals surface area contributed by atoms with Gasteiger partial charge in [0.2, 0.25) is 10.0 Å². The first kappa shape index (κ1) is 26.1. The molecule has 0 aliphatic rings. The second-order valence-electron chi connectivity index (χ2n) is 7.79.